The number of carbonyl (C=O) groups is 1. The van der Waals surface area contributed by atoms with Gasteiger partial charge in [0.15, 0.2) is 0 Å². The normalized spacial score (nSPS) is 11.1. The Hall–Kier alpha value is -1.45. The SMILES string of the molecule is Cc1cc(N)c(C(=O)c2cccc(Cl)c2Cl)n1C(C)C. The van der Waals surface area contributed by atoms with E-state index in [9.17, 15) is 4.79 Å². The van der Waals surface area contributed by atoms with Gasteiger partial charge in [0.2, 0.25) is 5.78 Å². The number of nitrogens with zero attached hydrogens (tertiary/aromatic N) is 1. The highest BCUT2D eigenvalue weighted by Gasteiger charge is 2.23. The highest BCUT2D eigenvalue weighted by atomic mass is 35.5. The van der Waals surface area contributed by atoms with Gasteiger partial charge in [-0.3, -0.25) is 4.79 Å². The Morgan fingerprint density at radius 3 is 2.55 bits per heavy atom. The van der Waals surface area contributed by atoms with Crippen LogP contribution in [0, 0.1) is 6.92 Å². The fraction of sp³-hybridized carbons (Fsp3) is 0.267. The minimum absolute atomic E-state index is 0.129. The van der Waals surface area contributed by atoms with E-state index < -0.39 is 0 Å². The van der Waals surface area contributed by atoms with Gasteiger partial charge in [0.1, 0.15) is 5.69 Å². The van der Waals surface area contributed by atoms with Crippen LogP contribution in [0.4, 0.5) is 5.69 Å². The van der Waals surface area contributed by atoms with Crippen LogP contribution >= 0.6 is 23.2 Å². The third-order valence-corrected chi connectivity index (χ3v) is 4.01. The minimum Gasteiger partial charge on any atom is -0.397 e. The molecule has 1 aromatic heterocycles. The maximum atomic E-state index is 12.7. The topological polar surface area (TPSA) is 48.0 Å². The van der Waals surface area contributed by atoms with Crippen LogP contribution in [0.5, 0.6) is 0 Å². The zero-order valence-electron chi connectivity index (χ0n) is 11.6. The number of aromatic nitrogens is 1. The molecule has 0 saturated carbocycles. The van der Waals surface area contributed by atoms with Crippen LogP contribution in [-0.4, -0.2) is 10.4 Å². The summed E-state index contributed by atoms with van der Waals surface area (Å²) in [4.78, 5) is 12.7. The van der Waals surface area contributed by atoms with Crippen LogP contribution in [0.15, 0.2) is 24.3 Å². The lowest BCUT2D eigenvalue weighted by atomic mass is 10.1. The number of halogens is 2. The average Bonchev–Trinajstić information content (AvgIpc) is 2.67. The number of rotatable bonds is 3. The molecule has 1 aromatic carbocycles. The van der Waals surface area contributed by atoms with E-state index in [1.54, 1.807) is 24.3 Å². The Morgan fingerprint density at radius 1 is 1.30 bits per heavy atom. The van der Waals surface area contributed by atoms with Crippen molar-refractivity contribution in [2.75, 3.05) is 5.73 Å². The molecule has 3 nitrogen and oxygen atoms in total. The van der Waals surface area contributed by atoms with Crippen LogP contribution in [0.3, 0.4) is 0 Å². The number of carbonyl (C=O) groups excluding carboxylic acids is 1. The number of nitrogen functional groups attached to an aromatic ring is 1. The van der Waals surface area contributed by atoms with E-state index in [0.717, 1.165) is 5.69 Å². The molecule has 0 aliphatic carbocycles. The standard InChI is InChI=1S/C15H16Cl2N2O/c1-8(2)19-9(3)7-12(18)14(19)15(20)10-5-4-6-11(16)13(10)17/h4-8H,18H2,1-3H3. The highest BCUT2D eigenvalue weighted by molar-refractivity contribution is 6.44. The molecule has 0 spiro atoms. The first-order valence-corrected chi connectivity index (χ1v) is 7.06. The number of ketones is 1. The Kier molecular flexibility index (Phi) is 4.11. The molecular weight excluding hydrogens is 295 g/mol. The maximum absolute atomic E-state index is 12.7. The predicted molar refractivity (Wildman–Crippen MR) is 83.9 cm³/mol. The molecule has 2 N–H and O–H groups in total. The number of anilines is 1. The molecule has 20 heavy (non-hydrogen) atoms. The van der Waals surface area contributed by atoms with E-state index in [2.05, 4.69) is 0 Å². The molecule has 2 aromatic rings. The van der Waals surface area contributed by atoms with Crippen molar-refractivity contribution in [2.24, 2.45) is 0 Å². The van der Waals surface area contributed by atoms with Crippen molar-refractivity contribution in [3.63, 3.8) is 0 Å². The van der Waals surface area contributed by atoms with Gasteiger partial charge in [0.05, 0.1) is 15.7 Å². The summed E-state index contributed by atoms with van der Waals surface area (Å²) in [5.74, 6) is -0.211. The fourth-order valence-electron chi connectivity index (χ4n) is 2.39. The number of aryl methyl sites for hydroxylation is 1. The smallest absolute Gasteiger partial charge is 0.213 e. The van der Waals surface area contributed by atoms with Crippen molar-refractivity contribution >= 4 is 34.7 Å². The van der Waals surface area contributed by atoms with Gasteiger partial charge in [-0.1, -0.05) is 29.3 Å². The second-order valence-corrected chi connectivity index (χ2v) is 5.77. The van der Waals surface area contributed by atoms with Gasteiger partial charge in [-0.2, -0.15) is 0 Å². The molecule has 0 radical (unpaired) electrons. The van der Waals surface area contributed by atoms with Crippen molar-refractivity contribution in [1.82, 2.24) is 4.57 Å². The summed E-state index contributed by atoms with van der Waals surface area (Å²) in [6, 6.07) is 6.93. The van der Waals surface area contributed by atoms with E-state index >= 15 is 0 Å². The summed E-state index contributed by atoms with van der Waals surface area (Å²) in [7, 11) is 0. The van der Waals surface area contributed by atoms with Gasteiger partial charge in [-0.15, -0.1) is 0 Å². The van der Waals surface area contributed by atoms with Crippen molar-refractivity contribution in [1.29, 1.82) is 0 Å². The van der Waals surface area contributed by atoms with Crippen molar-refractivity contribution in [3.8, 4) is 0 Å². The van der Waals surface area contributed by atoms with E-state index in [1.807, 2.05) is 25.3 Å². The van der Waals surface area contributed by atoms with Gasteiger partial charge in [-0.25, -0.2) is 0 Å². The van der Waals surface area contributed by atoms with Gasteiger partial charge < -0.3 is 10.3 Å². The third-order valence-electron chi connectivity index (χ3n) is 3.19. The van der Waals surface area contributed by atoms with Crippen molar-refractivity contribution in [3.05, 3.63) is 51.3 Å². The van der Waals surface area contributed by atoms with Crippen molar-refractivity contribution < 1.29 is 4.79 Å². The molecule has 0 fully saturated rings. The summed E-state index contributed by atoms with van der Waals surface area (Å²) in [6.07, 6.45) is 0. The van der Waals surface area contributed by atoms with Crippen LogP contribution in [0.25, 0.3) is 0 Å². The maximum Gasteiger partial charge on any atom is 0.213 e. The van der Waals surface area contributed by atoms with E-state index in [-0.39, 0.29) is 16.8 Å². The van der Waals surface area contributed by atoms with E-state index in [1.165, 1.54) is 0 Å². The summed E-state index contributed by atoms with van der Waals surface area (Å²) >= 11 is 12.1. The second-order valence-electron chi connectivity index (χ2n) is 4.98. The number of hydrogen-bond acceptors (Lipinski definition) is 2. The van der Waals surface area contributed by atoms with Gasteiger partial charge >= 0.3 is 0 Å². The molecular formula is C15H16Cl2N2O. The number of hydrogen-bond donors (Lipinski definition) is 1. The van der Waals surface area contributed by atoms with E-state index in [0.29, 0.717) is 22.0 Å². The first-order valence-electron chi connectivity index (χ1n) is 6.30. The Labute approximate surface area is 128 Å². The van der Waals surface area contributed by atoms with Crippen LogP contribution in [0.1, 0.15) is 41.6 Å². The molecule has 0 atom stereocenters. The van der Waals surface area contributed by atoms with Gasteiger partial charge in [0.25, 0.3) is 0 Å². The first kappa shape index (κ1) is 14.9. The summed E-state index contributed by atoms with van der Waals surface area (Å²) < 4.78 is 1.91. The zero-order valence-corrected chi connectivity index (χ0v) is 13.1. The number of benzene rings is 1. The molecule has 5 heteroatoms. The predicted octanol–water partition coefficient (Wildman–Crippen LogP) is 4.50. The van der Waals surface area contributed by atoms with Gasteiger partial charge in [-0.05, 0) is 39.0 Å². The van der Waals surface area contributed by atoms with Crippen LogP contribution < -0.4 is 5.73 Å². The molecule has 0 aliphatic rings. The molecule has 0 unspecified atom stereocenters. The summed E-state index contributed by atoms with van der Waals surface area (Å²) in [5, 5.41) is 0.614. The van der Waals surface area contributed by atoms with Crippen LogP contribution in [-0.2, 0) is 0 Å². The molecule has 0 bridgehead atoms. The van der Waals surface area contributed by atoms with Crippen LogP contribution in [0.2, 0.25) is 10.0 Å². The fourth-order valence-corrected chi connectivity index (χ4v) is 2.78. The first-order chi connectivity index (χ1) is 9.34. The lowest BCUT2D eigenvalue weighted by molar-refractivity contribution is 0.102. The zero-order chi connectivity index (χ0) is 15.0. The molecule has 106 valence electrons. The highest BCUT2D eigenvalue weighted by Crippen LogP contribution is 2.31. The summed E-state index contributed by atoms with van der Waals surface area (Å²) in [6.45, 7) is 5.93. The monoisotopic (exact) mass is 310 g/mol. The minimum atomic E-state index is -0.211. The molecule has 0 amide bonds. The van der Waals surface area contributed by atoms with Gasteiger partial charge in [0, 0.05) is 17.3 Å². The third kappa shape index (κ3) is 2.43. The molecule has 1 heterocycles. The lowest BCUT2D eigenvalue weighted by Crippen LogP contribution is -2.15. The Morgan fingerprint density at radius 2 is 1.95 bits per heavy atom. The molecule has 0 aliphatic heterocycles. The van der Waals surface area contributed by atoms with E-state index in [4.69, 9.17) is 28.9 Å². The Balaban J connectivity index is 2.63. The summed E-state index contributed by atoms with van der Waals surface area (Å²) in [5.41, 5.74) is 8.21. The largest absolute Gasteiger partial charge is 0.397 e. The lowest BCUT2D eigenvalue weighted by Gasteiger charge is -2.16. The average molecular weight is 311 g/mol. The number of nitrogens with two attached hydrogens (primary N) is 1. The van der Waals surface area contributed by atoms with Crippen molar-refractivity contribution in [2.45, 2.75) is 26.8 Å². The second kappa shape index (κ2) is 5.51. The quantitative estimate of drug-likeness (QED) is 0.849. The molecule has 0 saturated heterocycles. The molecule has 2 rings (SSSR count). The Bertz CT molecular complexity index is 675.